The molecule has 2 bridgehead atoms. The lowest BCUT2D eigenvalue weighted by molar-refractivity contribution is -0.659. The van der Waals surface area contributed by atoms with Gasteiger partial charge >= 0.3 is 0 Å². The van der Waals surface area contributed by atoms with Crippen molar-refractivity contribution in [1.82, 2.24) is 4.57 Å². The largest absolute Gasteiger partial charge is 0.353 e. The van der Waals surface area contributed by atoms with E-state index in [2.05, 4.69) is 85.6 Å². The molecule has 0 amide bonds. The molecule has 0 radical (unpaired) electrons. The minimum Gasteiger partial charge on any atom is -0.353 e. The van der Waals surface area contributed by atoms with Crippen molar-refractivity contribution in [2.75, 3.05) is 4.90 Å². The fraction of sp³-hybridized carbons (Fsp3) is 0.526. The zero-order chi connectivity index (χ0) is 15.7. The average molecular weight is 296 g/mol. The van der Waals surface area contributed by atoms with Crippen molar-refractivity contribution in [3.05, 3.63) is 47.9 Å². The Bertz CT molecular complexity index is 747. The average Bonchev–Trinajstić information content (AvgIpc) is 2.89. The van der Waals surface area contributed by atoms with E-state index in [0.29, 0.717) is 6.04 Å². The lowest BCUT2D eigenvalue weighted by atomic mass is 9.59. The van der Waals surface area contributed by atoms with Crippen LogP contribution < -0.4 is 9.47 Å². The van der Waals surface area contributed by atoms with Crippen LogP contribution in [0.5, 0.6) is 0 Å². The number of rotatable bonds is 1. The van der Waals surface area contributed by atoms with Gasteiger partial charge in [0.15, 0.2) is 0 Å². The van der Waals surface area contributed by atoms with Crippen LogP contribution >= 0.6 is 0 Å². The standard InChI is InChI=1S/C19H26N3/c1-14-18(2)10-11-19(3,15-9-13-21(5)17(15)18)22(14)16-8-6-7-12-20(16)4/h6-9,12-14H,10-11H2,1-5H3/q+1. The molecule has 3 heteroatoms. The van der Waals surface area contributed by atoms with E-state index in [1.54, 1.807) is 5.69 Å². The van der Waals surface area contributed by atoms with Gasteiger partial charge in [0.05, 0.1) is 13.2 Å². The van der Waals surface area contributed by atoms with Crippen molar-refractivity contribution in [1.29, 1.82) is 0 Å². The van der Waals surface area contributed by atoms with E-state index in [0.717, 1.165) is 0 Å². The molecule has 3 unspecified atom stereocenters. The second-order valence-corrected chi connectivity index (χ2v) is 7.60. The van der Waals surface area contributed by atoms with E-state index in [-0.39, 0.29) is 11.0 Å². The molecule has 1 aliphatic carbocycles. The first-order chi connectivity index (χ1) is 10.4. The lowest BCUT2D eigenvalue weighted by Crippen LogP contribution is -2.67. The van der Waals surface area contributed by atoms with Gasteiger partial charge in [-0.25, -0.2) is 9.47 Å². The van der Waals surface area contributed by atoms with Crippen molar-refractivity contribution in [3.8, 4) is 0 Å². The summed E-state index contributed by atoms with van der Waals surface area (Å²) in [6, 6.07) is 9.35. The Labute approximate surface area is 133 Å². The summed E-state index contributed by atoms with van der Waals surface area (Å²) in [5.74, 6) is 1.32. The Balaban J connectivity index is 1.99. The number of hydrogen-bond acceptors (Lipinski definition) is 1. The van der Waals surface area contributed by atoms with Gasteiger partial charge in [-0.2, -0.15) is 0 Å². The Morgan fingerprint density at radius 2 is 1.95 bits per heavy atom. The first-order valence-electron chi connectivity index (χ1n) is 8.30. The molecule has 0 saturated carbocycles. The second-order valence-electron chi connectivity index (χ2n) is 7.60. The van der Waals surface area contributed by atoms with Gasteiger partial charge < -0.3 is 4.57 Å². The van der Waals surface area contributed by atoms with Crippen LogP contribution in [0.2, 0.25) is 0 Å². The van der Waals surface area contributed by atoms with E-state index in [1.807, 2.05) is 0 Å². The molecule has 2 aliphatic heterocycles. The van der Waals surface area contributed by atoms with Gasteiger partial charge in [0.2, 0.25) is 0 Å². The van der Waals surface area contributed by atoms with Crippen molar-refractivity contribution < 1.29 is 4.57 Å². The molecule has 22 heavy (non-hydrogen) atoms. The smallest absolute Gasteiger partial charge is 0.277 e. The van der Waals surface area contributed by atoms with Crippen LogP contribution in [-0.2, 0) is 25.0 Å². The number of fused-ring (bicyclic) bond motifs is 2. The lowest BCUT2D eigenvalue weighted by Gasteiger charge is -2.57. The molecule has 0 aromatic carbocycles. The normalized spacial score (nSPS) is 33.1. The van der Waals surface area contributed by atoms with Gasteiger partial charge in [0.25, 0.3) is 5.82 Å². The van der Waals surface area contributed by atoms with Gasteiger partial charge in [0.1, 0.15) is 11.6 Å². The molecule has 0 N–H and O–H groups in total. The molecule has 3 aliphatic rings. The molecule has 1 saturated heterocycles. The Kier molecular flexibility index (Phi) is 2.62. The summed E-state index contributed by atoms with van der Waals surface area (Å²) in [6.07, 6.45) is 6.89. The number of nitrogens with zero attached hydrogens (tertiary/aromatic N) is 3. The van der Waals surface area contributed by atoms with E-state index in [9.17, 15) is 0 Å². The topological polar surface area (TPSA) is 12.1 Å². The third-order valence-corrected chi connectivity index (χ3v) is 6.44. The number of aryl methyl sites for hydroxylation is 2. The fourth-order valence-electron chi connectivity index (χ4n) is 5.02. The predicted molar refractivity (Wildman–Crippen MR) is 88.9 cm³/mol. The van der Waals surface area contributed by atoms with Crippen LogP contribution in [0, 0.1) is 0 Å². The second kappa shape index (κ2) is 4.15. The molecule has 3 nitrogen and oxygen atoms in total. The molecular formula is C19H26N3+. The minimum atomic E-state index is 0.0902. The summed E-state index contributed by atoms with van der Waals surface area (Å²) in [6.45, 7) is 7.28. The highest BCUT2D eigenvalue weighted by atomic mass is 15.3. The van der Waals surface area contributed by atoms with Crippen LogP contribution in [0.3, 0.4) is 0 Å². The molecule has 2 aromatic rings. The maximum absolute atomic E-state index is 2.67. The molecule has 116 valence electrons. The molecular weight excluding hydrogens is 270 g/mol. The summed E-state index contributed by atoms with van der Waals surface area (Å²) in [5, 5.41) is 0. The number of pyridine rings is 1. The maximum Gasteiger partial charge on any atom is 0.277 e. The minimum absolute atomic E-state index is 0.0902. The fourth-order valence-corrected chi connectivity index (χ4v) is 5.02. The highest BCUT2D eigenvalue weighted by Crippen LogP contribution is 2.57. The summed E-state index contributed by atoms with van der Waals surface area (Å²) in [7, 11) is 4.36. The summed E-state index contributed by atoms with van der Waals surface area (Å²) in [4.78, 5) is 2.67. The highest BCUT2D eigenvalue weighted by Gasteiger charge is 2.62. The zero-order valence-electron chi connectivity index (χ0n) is 14.3. The summed E-state index contributed by atoms with van der Waals surface area (Å²) >= 11 is 0. The van der Waals surface area contributed by atoms with E-state index >= 15 is 0 Å². The van der Waals surface area contributed by atoms with Gasteiger partial charge in [0, 0.05) is 36.0 Å². The molecule has 4 heterocycles. The predicted octanol–water partition coefficient (Wildman–Crippen LogP) is 3.03. The molecule has 3 atom stereocenters. The van der Waals surface area contributed by atoms with E-state index in [4.69, 9.17) is 0 Å². The molecule has 5 rings (SSSR count). The van der Waals surface area contributed by atoms with Gasteiger partial charge in [-0.15, -0.1) is 0 Å². The Morgan fingerprint density at radius 1 is 1.18 bits per heavy atom. The summed E-state index contributed by atoms with van der Waals surface area (Å²) < 4.78 is 4.61. The van der Waals surface area contributed by atoms with Gasteiger partial charge in [-0.3, -0.25) is 0 Å². The van der Waals surface area contributed by atoms with Crippen molar-refractivity contribution in [2.24, 2.45) is 14.1 Å². The van der Waals surface area contributed by atoms with Crippen LogP contribution in [0.15, 0.2) is 36.7 Å². The van der Waals surface area contributed by atoms with Crippen molar-refractivity contribution >= 4 is 5.82 Å². The van der Waals surface area contributed by atoms with Crippen LogP contribution in [-0.4, -0.2) is 10.6 Å². The zero-order valence-corrected chi connectivity index (χ0v) is 14.3. The third-order valence-electron chi connectivity index (χ3n) is 6.44. The first kappa shape index (κ1) is 13.9. The molecule has 0 spiro atoms. The number of anilines is 1. The third kappa shape index (κ3) is 1.44. The first-order valence-corrected chi connectivity index (χ1v) is 8.30. The van der Waals surface area contributed by atoms with Crippen LogP contribution in [0.25, 0.3) is 0 Å². The van der Waals surface area contributed by atoms with Crippen LogP contribution in [0.4, 0.5) is 5.82 Å². The monoisotopic (exact) mass is 296 g/mol. The number of piperidine rings is 1. The van der Waals surface area contributed by atoms with Crippen molar-refractivity contribution in [2.45, 2.75) is 50.6 Å². The Hall–Kier alpha value is -1.77. The molecule has 2 aromatic heterocycles. The number of hydrogen-bond donors (Lipinski definition) is 0. The highest BCUT2D eigenvalue weighted by molar-refractivity contribution is 5.55. The molecule has 1 fully saturated rings. The van der Waals surface area contributed by atoms with Gasteiger partial charge in [-0.05, 0) is 38.8 Å². The van der Waals surface area contributed by atoms with E-state index < -0.39 is 0 Å². The van der Waals surface area contributed by atoms with Gasteiger partial charge in [-0.1, -0.05) is 13.0 Å². The van der Waals surface area contributed by atoms with Crippen LogP contribution in [0.1, 0.15) is 44.9 Å². The quantitative estimate of drug-likeness (QED) is 0.737. The maximum atomic E-state index is 2.67. The summed E-state index contributed by atoms with van der Waals surface area (Å²) in [5.41, 5.74) is 3.37. The number of aromatic nitrogens is 2. The Morgan fingerprint density at radius 3 is 2.68 bits per heavy atom. The van der Waals surface area contributed by atoms with Crippen molar-refractivity contribution in [3.63, 3.8) is 0 Å². The van der Waals surface area contributed by atoms with E-state index in [1.165, 1.54) is 24.2 Å². The SMILES string of the molecule is CC1N(c2cccc[n+]2C)C2(C)CCC1(C)c1c2ccn1C.